The highest BCUT2D eigenvalue weighted by atomic mass is 35.5. The second kappa shape index (κ2) is 8.39. The van der Waals surface area contributed by atoms with Crippen LogP contribution in [0.1, 0.15) is 16.9 Å². The molecule has 1 heterocycles. The van der Waals surface area contributed by atoms with Gasteiger partial charge in [-0.05, 0) is 24.3 Å². The van der Waals surface area contributed by atoms with Crippen LogP contribution in [0.15, 0.2) is 36.5 Å². The largest absolute Gasteiger partial charge is 0.451 e. The molecule has 0 spiro atoms. The summed E-state index contributed by atoms with van der Waals surface area (Å²) in [6.45, 7) is -0.297. The lowest BCUT2D eigenvalue weighted by Crippen LogP contribution is -2.35. The molecule has 0 fully saturated rings. The minimum absolute atomic E-state index is 0.137. The molecule has 0 aliphatic heterocycles. The number of nitrogens with zero attached hydrogens (tertiary/aromatic N) is 2. The van der Waals surface area contributed by atoms with Crippen LogP contribution < -0.4 is 4.90 Å². The van der Waals surface area contributed by atoms with Gasteiger partial charge in [-0.25, -0.2) is 4.79 Å². The van der Waals surface area contributed by atoms with Crippen molar-refractivity contribution in [1.29, 1.82) is 5.26 Å². The molecule has 2 rings (SSSR count). The summed E-state index contributed by atoms with van der Waals surface area (Å²) in [5.74, 6) is -1.15. The molecule has 0 bridgehead atoms. The number of carbonyl (C=O) groups excluding carboxylic acids is 2. The second-order valence-corrected chi connectivity index (χ2v) is 5.61. The monoisotopic (exact) mass is 365 g/mol. The first-order valence-corrected chi connectivity index (χ1v) is 7.71. The first kappa shape index (κ1) is 17.9. The van der Waals surface area contributed by atoms with E-state index in [9.17, 15) is 9.59 Å². The fourth-order valence-electron chi connectivity index (χ4n) is 1.97. The number of esters is 1. The van der Waals surface area contributed by atoms with Gasteiger partial charge in [-0.15, -0.1) is 0 Å². The standard InChI is InChI=1S/C16H13Cl2N3O3/c17-11-3-1-4-13(7-11)21(6-2-5-19)15(22)10-24-16(23)14-8-12(18)9-20-14/h1,3-4,7-9,20H,2,6,10H2. The van der Waals surface area contributed by atoms with Crippen molar-refractivity contribution in [3.8, 4) is 6.07 Å². The van der Waals surface area contributed by atoms with Gasteiger partial charge in [0.1, 0.15) is 5.69 Å². The van der Waals surface area contributed by atoms with Crippen LogP contribution in [0.2, 0.25) is 10.0 Å². The van der Waals surface area contributed by atoms with Gasteiger partial charge in [-0.1, -0.05) is 29.3 Å². The zero-order valence-corrected chi connectivity index (χ0v) is 14.0. The number of nitrogens with one attached hydrogen (secondary N) is 1. The number of aromatic amines is 1. The van der Waals surface area contributed by atoms with Gasteiger partial charge in [0.2, 0.25) is 0 Å². The van der Waals surface area contributed by atoms with Crippen molar-refractivity contribution in [3.05, 3.63) is 52.3 Å². The number of nitriles is 1. The van der Waals surface area contributed by atoms with Gasteiger partial charge < -0.3 is 14.6 Å². The number of aromatic nitrogens is 1. The molecule has 0 saturated heterocycles. The van der Waals surface area contributed by atoms with Crippen molar-refractivity contribution in [2.24, 2.45) is 0 Å². The Morgan fingerprint density at radius 2 is 2.04 bits per heavy atom. The predicted molar refractivity (Wildman–Crippen MR) is 90.1 cm³/mol. The van der Waals surface area contributed by atoms with Crippen LogP contribution in [0.4, 0.5) is 5.69 Å². The lowest BCUT2D eigenvalue weighted by molar-refractivity contribution is -0.121. The molecule has 1 aromatic carbocycles. The van der Waals surface area contributed by atoms with Gasteiger partial charge in [-0.2, -0.15) is 5.26 Å². The molecule has 0 unspecified atom stereocenters. The van der Waals surface area contributed by atoms with Crippen LogP contribution in [0.3, 0.4) is 0 Å². The van der Waals surface area contributed by atoms with E-state index < -0.39 is 18.5 Å². The molecule has 0 atom stereocenters. The third-order valence-corrected chi connectivity index (χ3v) is 3.52. The van der Waals surface area contributed by atoms with E-state index in [1.807, 2.05) is 6.07 Å². The number of rotatable bonds is 6. The number of H-pyrrole nitrogens is 1. The van der Waals surface area contributed by atoms with Crippen LogP contribution >= 0.6 is 23.2 Å². The highest BCUT2D eigenvalue weighted by molar-refractivity contribution is 6.31. The quantitative estimate of drug-likeness (QED) is 0.794. The summed E-state index contributed by atoms with van der Waals surface area (Å²) in [7, 11) is 0. The van der Waals surface area contributed by atoms with E-state index in [1.165, 1.54) is 17.2 Å². The average molecular weight is 366 g/mol. The van der Waals surface area contributed by atoms with Gasteiger partial charge in [0, 0.05) is 23.5 Å². The molecule has 124 valence electrons. The summed E-state index contributed by atoms with van der Waals surface area (Å²) in [4.78, 5) is 28.2. The third-order valence-electron chi connectivity index (χ3n) is 3.06. The Hall–Kier alpha value is -2.49. The third kappa shape index (κ3) is 4.75. The Kier molecular flexibility index (Phi) is 6.24. The SMILES string of the molecule is N#CCCN(C(=O)COC(=O)c1cc(Cl)c[nH]1)c1cccc(Cl)c1. The minimum atomic E-state index is -0.693. The zero-order valence-electron chi connectivity index (χ0n) is 12.5. The Balaban J connectivity index is 2.05. The number of carbonyl (C=O) groups is 2. The topological polar surface area (TPSA) is 86.2 Å². The smallest absolute Gasteiger partial charge is 0.355 e. The number of benzene rings is 1. The second-order valence-electron chi connectivity index (χ2n) is 4.74. The van der Waals surface area contributed by atoms with Crippen molar-refractivity contribution in [2.75, 3.05) is 18.1 Å². The molecule has 6 nitrogen and oxygen atoms in total. The number of ether oxygens (including phenoxy) is 1. The molecular formula is C16H13Cl2N3O3. The average Bonchev–Trinajstić information content (AvgIpc) is 2.99. The number of hydrogen-bond donors (Lipinski definition) is 1. The lowest BCUT2D eigenvalue weighted by atomic mass is 10.2. The van der Waals surface area contributed by atoms with E-state index in [0.717, 1.165) is 0 Å². The van der Waals surface area contributed by atoms with Crippen molar-refractivity contribution in [3.63, 3.8) is 0 Å². The molecular weight excluding hydrogens is 353 g/mol. The van der Waals surface area contributed by atoms with Crippen molar-refractivity contribution >= 4 is 40.8 Å². The summed E-state index contributed by atoms with van der Waals surface area (Å²) >= 11 is 11.6. The number of anilines is 1. The molecule has 0 aliphatic rings. The predicted octanol–water partition coefficient (Wildman–Crippen LogP) is 3.43. The fourth-order valence-corrected chi connectivity index (χ4v) is 2.32. The van der Waals surface area contributed by atoms with Gasteiger partial charge in [0.05, 0.1) is 17.5 Å². The molecule has 2 aromatic rings. The lowest BCUT2D eigenvalue weighted by Gasteiger charge is -2.21. The van der Waals surface area contributed by atoms with Crippen LogP contribution in [-0.4, -0.2) is 30.0 Å². The first-order valence-electron chi connectivity index (χ1n) is 6.95. The van der Waals surface area contributed by atoms with Gasteiger partial charge in [0.15, 0.2) is 6.61 Å². The highest BCUT2D eigenvalue weighted by Crippen LogP contribution is 2.20. The van der Waals surface area contributed by atoms with E-state index in [2.05, 4.69) is 4.98 Å². The van der Waals surface area contributed by atoms with Crippen molar-refractivity contribution in [1.82, 2.24) is 4.98 Å². The van der Waals surface area contributed by atoms with Crippen LogP contribution in [-0.2, 0) is 9.53 Å². The van der Waals surface area contributed by atoms with Crippen LogP contribution in [0.25, 0.3) is 0 Å². The Morgan fingerprint density at radius 1 is 1.25 bits per heavy atom. The Morgan fingerprint density at radius 3 is 2.67 bits per heavy atom. The first-order chi connectivity index (χ1) is 11.5. The Bertz CT molecular complexity index is 783. The highest BCUT2D eigenvalue weighted by Gasteiger charge is 2.19. The van der Waals surface area contributed by atoms with Gasteiger partial charge in [0.25, 0.3) is 5.91 Å². The maximum absolute atomic E-state index is 12.4. The van der Waals surface area contributed by atoms with Crippen LogP contribution in [0, 0.1) is 11.3 Å². The summed E-state index contributed by atoms with van der Waals surface area (Å²) in [5.41, 5.74) is 0.681. The molecule has 0 radical (unpaired) electrons. The van der Waals surface area contributed by atoms with E-state index in [1.54, 1.807) is 24.3 Å². The van der Waals surface area contributed by atoms with Gasteiger partial charge in [-0.3, -0.25) is 4.79 Å². The molecule has 0 saturated carbocycles. The normalized spacial score (nSPS) is 10.0. The Labute approximate surface area is 148 Å². The summed E-state index contributed by atoms with van der Waals surface area (Å²) in [5, 5.41) is 9.57. The van der Waals surface area contributed by atoms with E-state index in [4.69, 9.17) is 33.2 Å². The molecule has 0 aliphatic carbocycles. The summed E-state index contributed by atoms with van der Waals surface area (Å²) in [6.07, 6.45) is 1.57. The fraction of sp³-hybridized carbons (Fsp3) is 0.188. The molecule has 1 N–H and O–H groups in total. The molecule has 1 aromatic heterocycles. The zero-order chi connectivity index (χ0) is 17.5. The van der Waals surface area contributed by atoms with E-state index in [0.29, 0.717) is 15.7 Å². The minimum Gasteiger partial charge on any atom is -0.451 e. The van der Waals surface area contributed by atoms with Crippen molar-refractivity contribution < 1.29 is 14.3 Å². The van der Waals surface area contributed by atoms with E-state index in [-0.39, 0.29) is 18.7 Å². The number of halogens is 2. The maximum Gasteiger partial charge on any atom is 0.355 e. The number of hydrogen-bond acceptors (Lipinski definition) is 4. The van der Waals surface area contributed by atoms with Gasteiger partial charge >= 0.3 is 5.97 Å². The number of amides is 1. The summed E-state index contributed by atoms with van der Waals surface area (Å²) in [6, 6.07) is 10.0. The van der Waals surface area contributed by atoms with Crippen LogP contribution in [0.5, 0.6) is 0 Å². The summed E-state index contributed by atoms with van der Waals surface area (Å²) < 4.78 is 4.98. The van der Waals surface area contributed by atoms with E-state index >= 15 is 0 Å². The molecule has 24 heavy (non-hydrogen) atoms. The van der Waals surface area contributed by atoms with Crippen molar-refractivity contribution in [2.45, 2.75) is 6.42 Å². The molecule has 1 amide bonds. The maximum atomic E-state index is 12.4. The molecule has 8 heteroatoms.